The first-order valence-corrected chi connectivity index (χ1v) is 10.6. The molecule has 1 fully saturated rings. The summed E-state index contributed by atoms with van der Waals surface area (Å²) in [6.45, 7) is 0.539. The topological polar surface area (TPSA) is 78.5 Å². The van der Waals surface area contributed by atoms with E-state index in [2.05, 4.69) is 10.9 Å². The molecule has 0 aromatic heterocycles. The van der Waals surface area contributed by atoms with E-state index in [4.69, 9.17) is 0 Å². The van der Waals surface area contributed by atoms with E-state index < -0.39 is 11.2 Å². The minimum atomic E-state index is -0.515. The van der Waals surface area contributed by atoms with Gasteiger partial charge in [-0.2, -0.15) is 0 Å². The number of carbonyl (C=O) groups is 3. The van der Waals surface area contributed by atoms with Crippen LogP contribution < -0.4 is 10.9 Å². The number of benzene rings is 2. The molecule has 1 heterocycles. The average Bonchev–Trinajstić information content (AvgIpc) is 2.96. The van der Waals surface area contributed by atoms with Crippen LogP contribution in [0.4, 0.5) is 0 Å². The van der Waals surface area contributed by atoms with Gasteiger partial charge in [-0.1, -0.05) is 55.0 Å². The van der Waals surface area contributed by atoms with Crippen molar-refractivity contribution in [1.82, 2.24) is 15.8 Å². The molecule has 0 radical (unpaired) electrons. The standard InChI is InChI=1S/C22H25N3O3S/c26-19(16-25-15-9-3-8-14-20(25)27)23-24-22(28)21(17-10-4-1-5-11-17)29-18-12-6-2-7-13-18/h1-2,4-7,10-13,21H,3,8-9,14-16H2,(H,23,26)(H,24,28)/t21-/m0/s1. The van der Waals surface area contributed by atoms with Crippen LogP contribution in [0, 0.1) is 0 Å². The van der Waals surface area contributed by atoms with Gasteiger partial charge in [0.05, 0.1) is 0 Å². The summed E-state index contributed by atoms with van der Waals surface area (Å²) in [5.74, 6) is -0.725. The van der Waals surface area contributed by atoms with Crippen LogP contribution in [0.2, 0.25) is 0 Å². The second-order valence-corrected chi connectivity index (χ2v) is 8.06. The number of amides is 3. The van der Waals surface area contributed by atoms with E-state index in [1.807, 2.05) is 60.7 Å². The molecule has 152 valence electrons. The first kappa shape index (κ1) is 20.9. The molecule has 1 aliphatic rings. The van der Waals surface area contributed by atoms with Gasteiger partial charge in [0.2, 0.25) is 5.91 Å². The Morgan fingerprint density at radius 2 is 1.62 bits per heavy atom. The van der Waals surface area contributed by atoms with Gasteiger partial charge in [-0.15, -0.1) is 11.8 Å². The third-order valence-electron chi connectivity index (χ3n) is 4.67. The number of nitrogens with zero attached hydrogens (tertiary/aromatic N) is 1. The minimum absolute atomic E-state index is 0.00854. The van der Waals surface area contributed by atoms with Gasteiger partial charge in [-0.25, -0.2) is 0 Å². The van der Waals surface area contributed by atoms with E-state index in [9.17, 15) is 14.4 Å². The van der Waals surface area contributed by atoms with E-state index in [1.165, 1.54) is 11.8 Å². The number of carbonyl (C=O) groups excluding carboxylic acids is 3. The van der Waals surface area contributed by atoms with Crippen molar-refractivity contribution in [2.75, 3.05) is 13.1 Å². The smallest absolute Gasteiger partial charge is 0.257 e. The van der Waals surface area contributed by atoms with Gasteiger partial charge in [0.25, 0.3) is 11.8 Å². The van der Waals surface area contributed by atoms with Gasteiger partial charge in [0.1, 0.15) is 11.8 Å². The second kappa shape index (κ2) is 10.7. The zero-order chi connectivity index (χ0) is 20.5. The summed E-state index contributed by atoms with van der Waals surface area (Å²) in [7, 11) is 0. The Bertz CT molecular complexity index is 830. The Balaban J connectivity index is 1.60. The van der Waals surface area contributed by atoms with Crippen molar-refractivity contribution in [3.8, 4) is 0 Å². The van der Waals surface area contributed by atoms with Gasteiger partial charge in [0.15, 0.2) is 0 Å². The molecule has 7 heteroatoms. The van der Waals surface area contributed by atoms with Crippen LogP contribution in [-0.2, 0) is 14.4 Å². The number of likely N-dealkylation sites (tertiary alicyclic amines) is 1. The monoisotopic (exact) mass is 411 g/mol. The van der Waals surface area contributed by atoms with Crippen molar-refractivity contribution >= 4 is 29.5 Å². The fraction of sp³-hybridized carbons (Fsp3) is 0.318. The summed E-state index contributed by atoms with van der Waals surface area (Å²) in [5.41, 5.74) is 5.83. The van der Waals surface area contributed by atoms with E-state index in [-0.39, 0.29) is 18.4 Å². The average molecular weight is 412 g/mol. The predicted octanol–water partition coefficient (Wildman–Crippen LogP) is 3.07. The van der Waals surface area contributed by atoms with E-state index in [1.54, 1.807) is 4.90 Å². The first-order valence-electron chi connectivity index (χ1n) is 9.76. The minimum Gasteiger partial charge on any atom is -0.333 e. The van der Waals surface area contributed by atoms with Crippen molar-refractivity contribution < 1.29 is 14.4 Å². The molecule has 29 heavy (non-hydrogen) atoms. The van der Waals surface area contributed by atoms with Crippen LogP contribution >= 0.6 is 11.8 Å². The first-order chi connectivity index (χ1) is 14.1. The van der Waals surface area contributed by atoms with Gasteiger partial charge in [0, 0.05) is 17.9 Å². The molecule has 2 aromatic carbocycles. The van der Waals surface area contributed by atoms with Crippen LogP contribution in [0.5, 0.6) is 0 Å². The Morgan fingerprint density at radius 3 is 2.34 bits per heavy atom. The van der Waals surface area contributed by atoms with Crippen molar-refractivity contribution in [1.29, 1.82) is 0 Å². The molecule has 1 saturated heterocycles. The number of thioether (sulfide) groups is 1. The molecule has 3 amide bonds. The third kappa shape index (κ3) is 6.35. The SMILES string of the molecule is O=C(CN1CCCCCC1=O)NNC(=O)[C@@H](Sc1ccccc1)c1ccccc1. The lowest BCUT2D eigenvalue weighted by molar-refractivity contribution is -0.136. The molecule has 3 rings (SSSR count). The molecular formula is C22H25N3O3S. The Morgan fingerprint density at radius 1 is 0.931 bits per heavy atom. The number of hydrogen-bond acceptors (Lipinski definition) is 4. The molecule has 0 unspecified atom stereocenters. The summed E-state index contributed by atoms with van der Waals surface area (Å²) in [4.78, 5) is 39.7. The normalized spacial score (nSPS) is 15.3. The molecule has 0 bridgehead atoms. The second-order valence-electron chi connectivity index (χ2n) is 6.89. The van der Waals surface area contributed by atoms with Crippen molar-refractivity contribution in [3.63, 3.8) is 0 Å². The summed E-state index contributed by atoms with van der Waals surface area (Å²) in [5, 5.41) is -0.515. The molecule has 2 aromatic rings. The maximum absolute atomic E-state index is 12.8. The van der Waals surface area contributed by atoms with Crippen molar-refractivity contribution in [2.45, 2.75) is 35.8 Å². The van der Waals surface area contributed by atoms with E-state index in [0.29, 0.717) is 13.0 Å². The molecule has 0 saturated carbocycles. The highest BCUT2D eigenvalue weighted by Gasteiger charge is 2.23. The van der Waals surface area contributed by atoms with Crippen LogP contribution in [0.1, 0.15) is 36.5 Å². The number of hydrogen-bond donors (Lipinski definition) is 2. The Kier molecular flexibility index (Phi) is 7.69. The molecule has 6 nitrogen and oxygen atoms in total. The number of rotatable bonds is 6. The van der Waals surface area contributed by atoms with Crippen LogP contribution in [0.3, 0.4) is 0 Å². The molecular weight excluding hydrogens is 386 g/mol. The van der Waals surface area contributed by atoms with Crippen molar-refractivity contribution in [2.24, 2.45) is 0 Å². The molecule has 0 aliphatic carbocycles. The van der Waals surface area contributed by atoms with Crippen LogP contribution in [0.25, 0.3) is 0 Å². The van der Waals surface area contributed by atoms with Gasteiger partial charge in [-0.3, -0.25) is 25.2 Å². The third-order valence-corrected chi connectivity index (χ3v) is 5.93. The summed E-state index contributed by atoms with van der Waals surface area (Å²) in [6.07, 6.45) is 3.23. The molecule has 2 N–H and O–H groups in total. The highest BCUT2D eigenvalue weighted by Crippen LogP contribution is 2.35. The lowest BCUT2D eigenvalue weighted by Gasteiger charge is -2.21. The summed E-state index contributed by atoms with van der Waals surface area (Å²) in [6, 6.07) is 19.1. The molecule has 1 aliphatic heterocycles. The summed E-state index contributed by atoms with van der Waals surface area (Å²) >= 11 is 1.41. The lowest BCUT2D eigenvalue weighted by Crippen LogP contribution is -2.48. The fourth-order valence-electron chi connectivity index (χ4n) is 3.15. The number of nitrogens with one attached hydrogen (secondary N) is 2. The number of hydrazine groups is 1. The molecule has 1 atom stereocenters. The fourth-order valence-corrected chi connectivity index (χ4v) is 4.20. The van der Waals surface area contributed by atoms with Gasteiger partial charge < -0.3 is 4.90 Å². The Hall–Kier alpha value is -2.80. The zero-order valence-electron chi connectivity index (χ0n) is 16.2. The Labute approximate surface area is 175 Å². The van der Waals surface area contributed by atoms with Gasteiger partial charge >= 0.3 is 0 Å². The van der Waals surface area contributed by atoms with Crippen LogP contribution in [0.15, 0.2) is 65.6 Å². The highest BCUT2D eigenvalue weighted by atomic mass is 32.2. The maximum Gasteiger partial charge on any atom is 0.257 e. The zero-order valence-corrected chi connectivity index (χ0v) is 17.0. The quantitative estimate of drug-likeness (QED) is 0.566. The molecule has 0 spiro atoms. The van der Waals surface area contributed by atoms with Gasteiger partial charge in [-0.05, 0) is 30.5 Å². The van der Waals surface area contributed by atoms with E-state index >= 15 is 0 Å². The van der Waals surface area contributed by atoms with E-state index in [0.717, 1.165) is 29.7 Å². The highest BCUT2D eigenvalue weighted by molar-refractivity contribution is 8.00. The predicted molar refractivity (Wildman–Crippen MR) is 113 cm³/mol. The lowest BCUT2D eigenvalue weighted by atomic mass is 10.1. The van der Waals surface area contributed by atoms with Crippen molar-refractivity contribution in [3.05, 3.63) is 66.2 Å². The largest absolute Gasteiger partial charge is 0.333 e. The maximum atomic E-state index is 12.8. The summed E-state index contributed by atoms with van der Waals surface area (Å²) < 4.78 is 0. The van der Waals surface area contributed by atoms with Crippen LogP contribution in [-0.4, -0.2) is 35.7 Å².